The second kappa shape index (κ2) is 7.91. The number of primary amides is 1. The number of benzene rings is 2. The molecule has 154 valence electrons. The molecule has 0 saturated carbocycles. The van der Waals surface area contributed by atoms with E-state index in [0.29, 0.717) is 27.7 Å². The van der Waals surface area contributed by atoms with Crippen LogP contribution in [0.25, 0.3) is 28.2 Å². The molecule has 0 saturated heterocycles. The van der Waals surface area contributed by atoms with Gasteiger partial charge in [0.15, 0.2) is 17.4 Å². The van der Waals surface area contributed by atoms with Gasteiger partial charge >= 0.3 is 0 Å². The maximum Gasteiger partial charge on any atom is 0.241 e. The van der Waals surface area contributed by atoms with Gasteiger partial charge in [-0.15, -0.1) is 0 Å². The third-order valence-corrected chi connectivity index (χ3v) is 4.72. The zero-order chi connectivity index (χ0) is 22.1. The number of amides is 1. The van der Waals surface area contributed by atoms with E-state index in [1.807, 2.05) is 0 Å². The van der Waals surface area contributed by atoms with E-state index in [9.17, 15) is 22.8 Å². The zero-order valence-electron chi connectivity index (χ0n) is 15.8. The molecule has 2 heterocycles. The lowest BCUT2D eigenvalue weighted by molar-refractivity contribution is -0.113. The number of H-pyrrole nitrogens is 1. The second-order valence-electron chi connectivity index (χ2n) is 6.75. The highest BCUT2D eigenvalue weighted by Gasteiger charge is 2.17. The van der Waals surface area contributed by atoms with Crippen LogP contribution in [0.4, 0.5) is 13.2 Å². The van der Waals surface area contributed by atoms with Crippen molar-refractivity contribution in [2.24, 2.45) is 5.73 Å². The van der Waals surface area contributed by atoms with E-state index in [-0.39, 0.29) is 11.1 Å². The van der Waals surface area contributed by atoms with Crippen LogP contribution in [-0.2, 0) is 4.79 Å². The molecule has 0 radical (unpaired) electrons. The predicted molar refractivity (Wildman–Crippen MR) is 110 cm³/mol. The molecule has 2 aromatic carbocycles. The second-order valence-corrected chi connectivity index (χ2v) is 6.75. The predicted octanol–water partition coefficient (Wildman–Crippen LogP) is 4.38. The molecule has 3 N–H and O–H groups in total. The number of nitrogens with one attached hydrogen (secondary N) is 1. The summed E-state index contributed by atoms with van der Waals surface area (Å²) in [5, 5.41) is 0.692. The van der Waals surface area contributed by atoms with Crippen molar-refractivity contribution in [2.75, 3.05) is 0 Å². The molecule has 1 amide bonds. The number of hydrogen-bond donors (Lipinski definition) is 2. The fraction of sp³-hybridized carbons (Fsp3) is 0. The number of carbonyl (C=O) groups excluding carboxylic acids is 2. The minimum atomic E-state index is -1.19. The summed E-state index contributed by atoms with van der Waals surface area (Å²) in [6, 6.07) is 8.38. The monoisotopic (exact) mass is 421 g/mol. The molecule has 0 atom stereocenters. The molecule has 4 rings (SSSR count). The molecule has 0 unspecified atom stereocenters. The van der Waals surface area contributed by atoms with Crippen molar-refractivity contribution in [3.8, 4) is 11.1 Å². The van der Waals surface area contributed by atoms with Gasteiger partial charge in [-0.05, 0) is 48.0 Å². The van der Waals surface area contributed by atoms with E-state index >= 15 is 0 Å². The molecule has 0 aliphatic carbocycles. The van der Waals surface area contributed by atoms with E-state index in [4.69, 9.17) is 5.73 Å². The third kappa shape index (κ3) is 3.95. The summed E-state index contributed by atoms with van der Waals surface area (Å²) in [7, 11) is 0. The number of pyridine rings is 1. The SMILES string of the molecule is NC(=O)C=Cc1c[nH]c2ncc(-c3ccc(C(=O)c4ccc(F)c(F)c4)c(F)c3)cc12. The minimum Gasteiger partial charge on any atom is -0.366 e. The van der Waals surface area contributed by atoms with E-state index < -0.39 is 29.1 Å². The Balaban J connectivity index is 1.69. The van der Waals surface area contributed by atoms with Crippen LogP contribution in [0.5, 0.6) is 0 Å². The number of ketones is 1. The number of carbonyl (C=O) groups is 2. The summed E-state index contributed by atoms with van der Waals surface area (Å²) >= 11 is 0. The van der Waals surface area contributed by atoms with Crippen LogP contribution in [0.15, 0.2) is 60.9 Å². The maximum atomic E-state index is 14.7. The van der Waals surface area contributed by atoms with Gasteiger partial charge in [-0.2, -0.15) is 0 Å². The number of fused-ring (bicyclic) bond motifs is 1. The molecule has 8 heteroatoms. The standard InChI is InChI=1S/C23H14F3N3O2/c24-18-5-2-13(9-20(18)26)22(31)16-4-1-12(8-19(16)25)15-7-17-14(3-6-21(27)30)10-28-23(17)29-11-15/h1-11H,(H2,27,30)(H,28,29). The summed E-state index contributed by atoms with van der Waals surface area (Å²) in [5.41, 5.74) is 6.97. The Kier molecular flexibility index (Phi) is 5.12. The summed E-state index contributed by atoms with van der Waals surface area (Å²) < 4.78 is 41.2. The number of rotatable bonds is 5. The van der Waals surface area contributed by atoms with Crippen molar-refractivity contribution in [2.45, 2.75) is 0 Å². The van der Waals surface area contributed by atoms with Gasteiger partial charge in [0.1, 0.15) is 11.5 Å². The summed E-state index contributed by atoms with van der Waals surface area (Å²) in [6.45, 7) is 0. The van der Waals surface area contributed by atoms with E-state index in [2.05, 4.69) is 9.97 Å². The van der Waals surface area contributed by atoms with Crippen LogP contribution in [0, 0.1) is 17.5 Å². The van der Waals surface area contributed by atoms with Crippen molar-refractivity contribution in [1.29, 1.82) is 0 Å². The van der Waals surface area contributed by atoms with E-state index in [1.165, 1.54) is 36.5 Å². The van der Waals surface area contributed by atoms with Crippen molar-refractivity contribution < 1.29 is 22.8 Å². The van der Waals surface area contributed by atoms with Crippen LogP contribution < -0.4 is 5.73 Å². The number of nitrogens with two attached hydrogens (primary N) is 1. The van der Waals surface area contributed by atoms with Crippen LogP contribution in [0.3, 0.4) is 0 Å². The lowest BCUT2D eigenvalue weighted by atomic mass is 9.98. The van der Waals surface area contributed by atoms with Crippen LogP contribution in [0.2, 0.25) is 0 Å². The van der Waals surface area contributed by atoms with Crippen molar-refractivity contribution in [1.82, 2.24) is 9.97 Å². The normalized spacial score (nSPS) is 11.3. The Bertz CT molecular complexity index is 1380. The van der Waals surface area contributed by atoms with Gasteiger partial charge in [0.2, 0.25) is 5.91 Å². The molecule has 0 spiro atoms. The van der Waals surface area contributed by atoms with Crippen LogP contribution >= 0.6 is 0 Å². The van der Waals surface area contributed by atoms with Gasteiger partial charge < -0.3 is 10.7 Å². The Morgan fingerprint density at radius 2 is 1.74 bits per heavy atom. The van der Waals surface area contributed by atoms with Crippen molar-refractivity contribution in [3.63, 3.8) is 0 Å². The number of hydrogen-bond acceptors (Lipinski definition) is 3. The molecule has 0 fully saturated rings. The van der Waals surface area contributed by atoms with Gasteiger partial charge in [-0.3, -0.25) is 9.59 Å². The van der Waals surface area contributed by atoms with E-state index in [1.54, 1.807) is 12.3 Å². The summed E-state index contributed by atoms with van der Waals surface area (Å²) in [5.74, 6) is -4.45. The number of aromatic nitrogens is 2. The van der Waals surface area contributed by atoms with Gasteiger partial charge in [0.25, 0.3) is 0 Å². The molecular formula is C23H14F3N3O2. The van der Waals surface area contributed by atoms with E-state index in [0.717, 1.165) is 18.2 Å². The number of aromatic amines is 1. The van der Waals surface area contributed by atoms with Crippen LogP contribution in [-0.4, -0.2) is 21.7 Å². The lowest BCUT2D eigenvalue weighted by Crippen LogP contribution is -2.05. The molecule has 31 heavy (non-hydrogen) atoms. The highest BCUT2D eigenvalue weighted by molar-refractivity contribution is 6.09. The first-order valence-corrected chi connectivity index (χ1v) is 9.08. The Morgan fingerprint density at radius 1 is 0.935 bits per heavy atom. The van der Waals surface area contributed by atoms with Crippen molar-refractivity contribution in [3.05, 3.63) is 95.1 Å². The molecule has 5 nitrogen and oxygen atoms in total. The Morgan fingerprint density at radius 3 is 2.45 bits per heavy atom. The Hall–Kier alpha value is -4.20. The first-order chi connectivity index (χ1) is 14.8. The Labute approximate surface area is 174 Å². The molecule has 0 aliphatic rings. The fourth-order valence-electron chi connectivity index (χ4n) is 3.16. The van der Waals surface area contributed by atoms with Gasteiger partial charge in [0.05, 0.1) is 5.56 Å². The number of halogens is 3. The van der Waals surface area contributed by atoms with Gasteiger partial charge in [-0.25, -0.2) is 18.2 Å². The lowest BCUT2D eigenvalue weighted by Gasteiger charge is -2.07. The molecule has 2 aromatic heterocycles. The van der Waals surface area contributed by atoms with Gasteiger partial charge in [0, 0.05) is 40.5 Å². The summed E-state index contributed by atoms with van der Waals surface area (Å²) in [4.78, 5) is 30.7. The fourth-order valence-corrected chi connectivity index (χ4v) is 3.16. The molecular weight excluding hydrogens is 407 g/mol. The molecule has 0 bridgehead atoms. The smallest absolute Gasteiger partial charge is 0.241 e. The maximum absolute atomic E-state index is 14.7. The third-order valence-electron chi connectivity index (χ3n) is 4.72. The average Bonchev–Trinajstić information content (AvgIpc) is 3.16. The first-order valence-electron chi connectivity index (χ1n) is 9.08. The molecule has 0 aliphatic heterocycles. The highest BCUT2D eigenvalue weighted by Crippen LogP contribution is 2.27. The topological polar surface area (TPSA) is 88.8 Å². The van der Waals surface area contributed by atoms with Gasteiger partial charge in [-0.1, -0.05) is 6.07 Å². The largest absolute Gasteiger partial charge is 0.366 e. The summed E-state index contributed by atoms with van der Waals surface area (Å²) in [6.07, 6.45) is 5.95. The quantitative estimate of drug-likeness (QED) is 0.370. The molecule has 4 aromatic rings. The minimum absolute atomic E-state index is 0.160. The highest BCUT2D eigenvalue weighted by atomic mass is 19.2. The number of nitrogens with zero attached hydrogens (tertiary/aromatic N) is 1. The van der Waals surface area contributed by atoms with Crippen LogP contribution in [0.1, 0.15) is 21.5 Å². The first kappa shape index (κ1) is 20.1. The average molecular weight is 421 g/mol. The zero-order valence-corrected chi connectivity index (χ0v) is 15.8. The van der Waals surface area contributed by atoms with Crippen molar-refractivity contribution >= 4 is 28.8 Å².